The fraction of sp³-hybridized carbons (Fsp3) is 0.185. The van der Waals surface area contributed by atoms with Gasteiger partial charge in [-0.25, -0.2) is 4.79 Å². The minimum absolute atomic E-state index is 0.0640. The van der Waals surface area contributed by atoms with Crippen molar-refractivity contribution in [3.8, 4) is 16.9 Å². The Bertz CT molecular complexity index is 1270. The number of fused-ring (bicyclic) bond motifs is 1. The summed E-state index contributed by atoms with van der Waals surface area (Å²) < 4.78 is 48.8. The fourth-order valence-electron chi connectivity index (χ4n) is 3.60. The second-order valence-corrected chi connectivity index (χ2v) is 7.64. The summed E-state index contributed by atoms with van der Waals surface area (Å²) in [6.07, 6.45) is -4.12. The van der Waals surface area contributed by atoms with Crippen LogP contribution < -0.4 is 4.74 Å². The lowest BCUT2D eigenvalue weighted by Gasteiger charge is -2.14. The van der Waals surface area contributed by atoms with E-state index in [0.29, 0.717) is 17.6 Å². The quantitative estimate of drug-likeness (QED) is 0.164. The third kappa shape index (κ3) is 5.26. The molecule has 0 N–H and O–H groups in total. The van der Waals surface area contributed by atoms with E-state index in [1.54, 1.807) is 24.3 Å². The first-order valence-corrected chi connectivity index (χ1v) is 10.4. The van der Waals surface area contributed by atoms with Crippen molar-refractivity contribution < 1.29 is 32.2 Å². The number of halogens is 3. The van der Waals surface area contributed by atoms with Gasteiger partial charge in [0.25, 0.3) is 0 Å². The van der Waals surface area contributed by atoms with Gasteiger partial charge in [-0.15, -0.1) is 0 Å². The Hall–Kier alpha value is -3.71. The van der Waals surface area contributed by atoms with E-state index in [9.17, 15) is 22.8 Å². The molecule has 0 aliphatic heterocycles. The van der Waals surface area contributed by atoms with Crippen LogP contribution in [0.25, 0.3) is 21.9 Å². The minimum atomic E-state index is -4.78. The van der Waals surface area contributed by atoms with Gasteiger partial charge < -0.3 is 9.47 Å². The van der Waals surface area contributed by atoms with Crippen molar-refractivity contribution in [2.45, 2.75) is 19.5 Å². The van der Waals surface area contributed by atoms with Gasteiger partial charge in [0, 0.05) is 12.7 Å². The second-order valence-electron chi connectivity index (χ2n) is 7.64. The summed E-state index contributed by atoms with van der Waals surface area (Å²) in [5.74, 6) is -1.36. The van der Waals surface area contributed by atoms with Gasteiger partial charge in [0.1, 0.15) is 5.75 Å². The van der Waals surface area contributed by atoms with Crippen molar-refractivity contribution in [2.75, 3.05) is 13.7 Å². The van der Waals surface area contributed by atoms with Crippen LogP contribution in [0.2, 0.25) is 0 Å². The van der Waals surface area contributed by atoms with Crippen LogP contribution in [0.5, 0.6) is 5.75 Å². The monoisotopic (exact) mass is 468 g/mol. The molecule has 176 valence electrons. The third-order valence-corrected chi connectivity index (χ3v) is 5.35. The molecule has 3 aromatic rings. The van der Waals surface area contributed by atoms with Gasteiger partial charge in [-0.1, -0.05) is 56.5 Å². The normalized spacial score (nSPS) is 11.3. The first-order valence-electron chi connectivity index (χ1n) is 10.4. The molecule has 4 nitrogen and oxygen atoms in total. The summed E-state index contributed by atoms with van der Waals surface area (Å²) in [4.78, 5) is 24.2. The van der Waals surface area contributed by atoms with Crippen LogP contribution >= 0.6 is 0 Å². The number of carbonyl (C=O) groups excluding carboxylic acids is 2. The molecule has 0 spiro atoms. The Morgan fingerprint density at radius 2 is 1.65 bits per heavy atom. The summed E-state index contributed by atoms with van der Waals surface area (Å²) in [7, 11) is 1.46. The van der Waals surface area contributed by atoms with Gasteiger partial charge in [0.15, 0.2) is 5.78 Å². The molecule has 3 aromatic carbocycles. The maximum Gasteiger partial charge on any atom is 0.419 e. The zero-order valence-corrected chi connectivity index (χ0v) is 18.8. The summed E-state index contributed by atoms with van der Waals surface area (Å²) in [6.45, 7) is 8.56. The summed E-state index contributed by atoms with van der Waals surface area (Å²) in [5, 5.41) is 1.49. The molecule has 0 amide bonds. The number of methoxy groups -OCH3 is 1. The summed E-state index contributed by atoms with van der Waals surface area (Å²) in [6, 6.07) is 15.1. The van der Waals surface area contributed by atoms with E-state index in [1.807, 2.05) is 25.1 Å². The van der Waals surface area contributed by atoms with Crippen LogP contribution in [0.15, 0.2) is 78.9 Å². The molecular weight excluding hydrogens is 445 g/mol. The summed E-state index contributed by atoms with van der Waals surface area (Å²) in [5.41, 5.74) is 1.52. The minimum Gasteiger partial charge on any atom is -0.423 e. The number of ketones is 1. The Balaban J connectivity index is 1.92. The van der Waals surface area contributed by atoms with Crippen molar-refractivity contribution >= 4 is 22.5 Å². The molecule has 0 heterocycles. The average molecular weight is 468 g/mol. The maximum atomic E-state index is 12.9. The van der Waals surface area contributed by atoms with Crippen molar-refractivity contribution in [1.29, 1.82) is 0 Å². The van der Waals surface area contributed by atoms with Crippen LogP contribution in [-0.2, 0) is 16.0 Å². The predicted molar refractivity (Wildman–Crippen MR) is 125 cm³/mol. The number of aryl methyl sites for hydroxylation is 1. The van der Waals surface area contributed by atoms with E-state index in [0.717, 1.165) is 22.1 Å². The Morgan fingerprint density at radius 1 is 0.971 bits per heavy atom. The Morgan fingerprint density at radius 3 is 2.24 bits per heavy atom. The van der Waals surface area contributed by atoms with Crippen LogP contribution in [0.4, 0.5) is 13.2 Å². The molecule has 0 aliphatic rings. The highest BCUT2D eigenvalue weighted by molar-refractivity contribution is 6.11. The number of hydrogen-bond acceptors (Lipinski definition) is 4. The largest absolute Gasteiger partial charge is 0.423 e. The van der Waals surface area contributed by atoms with Crippen molar-refractivity contribution in [1.82, 2.24) is 0 Å². The van der Waals surface area contributed by atoms with E-state index in [4.69, 9.17) is 9.47 Å². The zero-order chi connectivity index (χ0) is 25.0. The number of alkyl halides is 3. The van der Waals surface area contributed by atoms with Gasteiger partial charge in [0.2, 0.25) is 0 Å². The van der Waals surface area contributed by atoms with Gasteiger partial charge >= 0.3 is 12.1 Å². The lowest BCUT2D eigenvalue weighted by molar-refractivity contribution is -0.130. The number of esters is 1. The van der Waals surface area contributed by atoms with Crippen molar-refractivity contribution in [2.24, 2.45) is 0 Å². The number of ether oxygens (including phenoxy) is 2. The van der Waals surface area contributed by atoms with E-state index in [1.165, 1.54) is 19.2 Å². The number of rotatable bonds is 8. The number of Topliss-reactive ketones (excluding diaryl/α,β-unsaturated/α-hetero) is 1. The van der Waals surface area contributed by atoms with Crippen LogP contribution in [-0.4, -0.2) is 31.6 Å². The number of allylic oxidation sites excluding steroid dienone is 1. The standard InChI is InChI=1S/C27H23F3O4/c1-5-22-23(18-6-10-21(11-7-18)34-26(32)16(2)15-33-4)12-8-19-14-20(9-13-24(19)22)25(31)17(3)27(28,29)30/h6-14H,2-3,5,15H2,1,4H3. The highest BCUT2D eigenvalue weighted by Crippen LogP contribution is 2.34. The number of hydrogen-bond donors (Lipinski definition) is 0. The van der Waals surface area contributed by atoms with Crippen LogP contribution in [0.3, 0.4) is 0 Å². The van der Waals surface area contributed by atoms with E-state index >= 15 is 0 Å². The molecular formula is C27H23F3O4. The average Bonchev–Trinajstić information content (AvgIpc) is 2.82. The predicted octanol–water partition coefficient (Wildman–Crippen LogP) is 6.48. The summed E-state index contributed by atoms with van der Waals surface area (Å²) >= 11 is 0. The molecule has 0 radical (unpaired) electrons. The van der Waals surface area contributed by atoms with Crippen molar-refractivity contribution in [3.63, 3.8) is 0 Å². The van der Waals surface area contributed by atoms with Crippen LogP contribution in [0.1, 0.15) is 22.8 Å². The topological polar surface area (TPSA) is 52.6 Å². The van der Waals surface area contributed by atoms with E-state index in [-0.39, 0.29) is 17.7 Å². The molecule has 3 rings (SSSR count). The smallest absolute Gasteiger partial charge is 0.419 e. The molecule has 0 saturated carbocycles. The third-order valence-electron chi connectivity index (χ3n) is 5.35. The Labute approximate surface area is 195 Å². The maximum absolute atomic E-state index is 12.9. The zero-order valence-electron chi connectivity index (χ0n) is 18.8. The van der Waals surface area contributed by atoms with Crippen molar-refractivity contribution in [3.05, 3.63) is 90.0 Å². The van der Waals surface area contributed by atoms with Gasteiger partial charge in [-0.3, -0.25) is 4.79 Å². The second kappa shape index (κ2) is 10.1. The Kier molecular flexibility index (Phi) is 7.37. The fourth-order valence-corrected chi connectivity index (χ4v) is 3.60. The number of benzene rings is 3. The van der Waals surface area contributed by atoms with Gasteiger partial charge in [-0.2, -0.15) is 13.2 Å². The molecule has 7 heteroatoms. The first-order chi connectivity index (χ1) is 16.1. The lowest BCUT2D eigenvalue weighted by Crippen LogP contribution is -2.19. The molecule has 0 bridgehead atoms. The SMILES string of the molecule is C=C(COC)C(=O)Oc1ccc(-c2ccc3cc(C(=O)C(=C)C(F)(F)F)ccc3c2CC)cc1. The molecule has 34 heavy (non-hydrogen) atoms. The van der Waals surface area contributed by atoms with Gasteiger partial charge in [0.05, 0.1) is 17.8 Å². The van der Waals surface area contributed by atoms with E-state index < -0.39 is 23.5 Å². The number of carbonyl (C=O) groups is 2. The van der Waals surface area contributed by atoms with Crippen LogP contribution in [0, 0.1) is 0 Å². The first kappa shape index (κ1) is 24.9. The van der Waals surface area contributed by atoms with Gasteiger partial charge in [-0.05, 0) is 52.1 Å². The lowest BCUT2D eigenvalue weighted by atomic mass is 9.91. The highest BCUT2D eigenvalue weighted by atomic mass is 19.4. The molecule has 0 aliphatic carbocycles. The molecule has 0 atom stereocenters. The molecule has 0 unspecified atom stereocenters. The highest BCUT2D eigenvalue weighted by Gasteiger charge is 2.37. The molecule has 0 fully saturated rings. The van der Waals surface area contributed by atoms with E-state index in [2.05, 4.69) is 13.2 Å². The molecule has 0 saturated heterocycles. The molecule has 0 aromatic heterocycles.